The zero-order chi connectivity index (χ0) is 29.4. The van der Waals surface area contributed by atoms with Gasteiger partial charge in [0.25, 0.3) is 0 Å². The lowest BCUT2D eigenvalue weighted by atomic mass is 10.0. The predicted molar refractivity (Wildman–Crippen MR) is 162 cm³/mol. The number of rotatable bonds is 12. The molecule has 3 rings (SSSR count). The second-order valence-corrected chi connectivity index (χ2v) is 13.0. The molecule has 214 valence electrons. The Hall–Kier alpha value is -3.07. The van der Waals surface area contributed by atoms with Gasteiger partial charge in [0.15, 0.2) is 0 Å². The highest BCUT2D eigenvalue weighted by atomic mass is 35.5. The van der Waals surface area contributed by atoms with Gasteiger partial charge >= 0.3 is 0 Å². The molecule has 0 fully saturated rings. The number of hydrogen-bond donors (Lipinski definition) is 1. The first-order valence-electron chi connectivity index (χ1n) is 12.9. The summed E-state index contributed by atoms with van der Waals surface area (Å²) < 4.78 is 26.7. The summed E-state index contributed by atoms with van der Waals surface area (Å²) in [6.07, 6.45) is 1.26. The van der Waals surface area contributed by atoms with Gasteiger partial charge in [-0.15, -0.1) is 0 Å². The first-order valence-corrected chi connectivity index (χ1v) is 15.5. The summed E-state index contributed by atoms with van der Waals surface area (Å²) >= 11 is 12.3. The number of carbonyl (C=O) groups is 2. The van der Waals surface area contributed by atoms with Crippen molar-refractivity contribution in [1.29, 1.82) is 0 Å². The lowest BCUT2D eigenvalue weighted by Crippen LogP contribution is -2.53. The summed E-state index contributed by atoms with van der Waals surface area (Å²) in [5.74, 6) is -0.644. The van der Waals surface area contributed by atoms with Crippen molar-refractivity contribution in [2.45, 2.75) is 39.8 Å². The Morgan fingerprint density at radius 3 is 2.10 bits per heavy atom. The highest BCUT2D eigenvalue weighted by Crippen LogP contribution is 2.27. The molecule has 3 aromatic carbocycles. The lowest BCUT2D eigenvalue weighted by Gasteiger charge is -2.33. The predicted octanol–water partition coefficient (Wildman–Crippen LogP) is 5.48. The van der Waals surface area contributed by atoms with Gasteiger partial charge in [-0.05, 0) is 42.2 Å². The van der Waals surface area contributed by atoms with Crippen LogP contribution in [0.5, 0.6) is 0 Å². The van der Waals surface area contributed by atoms with E-state index in [-0.39, 0.29) is 40.5 Å². The molecule has 1 N–H and O–H groups in total. The molecule has 0 saturated carbocycles. The van der Waals surface area contributed by atoms with Gasteiger partial charge in [0, 0.05) is 29.6 Å². The van der Waals surface area contributed by atoms with Crippen LogP contribution in [-0.4, -0.2) is 50.5 Å². The Kier molecular flexibility index (Phi) is 11.0. The van der Waals surface area contributed by atoms with E-state index in [2.05, 4.69) is 5.32 Å². The van der Waals surface area contributed by atoms with Gasteiger partial charge in [-0.3, -0.25) is 13.9 Å². The van der Waals surface area contributed by atoms with Crippen LogP contribution in [-0.2, 0) is 32.6 Å². The normalized spacial score (nSPS) is 12.2. The van der Waals surface area contributed by atoms with Crippen LogP contribution in [0.2, 0.25) is 10.0 Å². The van der Waals surface area contributed by atoms with E-state index in [4.69, 9.17) is 23.2 Å². The molecule has 0 heterocycles. The Bertz CT molecular complexity index is 1410. The summed E-state index contributed by atoms with van der Waals surface area (Å²) in [5.41, 5.74) is 2.85. The molecule has 0 aromatic heterocycles. The molecule has 1 atom stereocenters. The van der Waals surface area contributed by atoms with Gasteiger partial charge in [0.05, 0.1) is 11.9 Å². The van der Waals surface area contributed by atoms with Crippen molar-refractivity contribution >= 4 is 50.7 Å². The number of sulfonamides is 1. The molecular formula is C30H35Cl2N3O4S. The van der Waals surface area contributed by atoms with Gasteiger partial charge < -0.3 is 10.2 Å². The maximum atomic E-state index is 14.1. The third kappa shape index (κ3) is 9.25. The maximum absolute atomic E-state index is 14.1. The first-order chi connectivity index (χ1) is 18.8. The summed E-state index contributed by atoms with van der Waals surface area (Å²) in [6.45, 7) is 5.93. The third-order valence-corrected chi connectivity index (χ3v) is 7.78. The molecule has 0 radical (unpaired) electrons. The minimum atomic E-state index is -3.92. The molecule has 0 aliphatic carbocycles. The van der Waals surface area contributed by atoms with Gasteiger partial charge in [-0.25, -0.2) is 8.42 Å². The number of amides is 2. The zero-order valence-corrected chi connectivity index (χ0v) is 25.4. The maximum Gasteiger partial charge on any atom is 0.244 e. The topological polar surface area (TPSA) is 86.8 Å². The summed E-state index contributed by atoms with van der Waals surface area (Å²) in [7, 11) is -3.92. The molecule has 0 saturated heterocycles. The smallest absolute Gasteiger partial charge is 0.244 e. The van der Waals surface area contributed by atoms with Crippen LogP contribution in [0.15, 0.2) is 72.8 Å². The fourth-order valence-electron chi connectivity index (χ4n) is 4.28. The van der Waals surface area contributed by atoms with E-state index in [0.717, 1.165) is 27.3 Å². The minimum absolute atomic E-state index is 0.112. The van der Waals surface area contributed by atoms with Crippen molar-refractivity contribution in [1.82, 2.24) is 10.2 Å². The van der Waals surface area contributed by atoms with E-state index in [1.165, 1.54) is 23.1 Å². The molecule has 40 heavy (non-hydrogen) atoms. The van der Waals surface area contributed by atoms with Crippen molar-refractivity contribution < 1.29 is 18.0 Å². The Balaban J connectivity index is 2.06. The van der Waals surface area contributed by atoms with Crippen LogP contribution in [0.1, 0.15) is 30.5 Å². The number of nitrogens with one attached hydrogen (secondary N) is 1. The molecule has 0 bridgehead atoms. The van der Waals surface area contributed by atoms with Crippen LogP contribution in [0, 0.1) is 12.8 Å². The number of aryl methyl sites for hydroxylation is 1. The van der Waals surface area contributed by atoms with Crippen molar-refractivity contribution in [3.05, 3.63) is 99.5 Å². The van der Waals surface area contributed by atoms with Crippen LogP contribution in [0.4, 0.5) is 5.69 Å². The van der Waals surface area contributed by atoms with Crippen LogP contribution >= 0.6 is 23.2 Å². The van der Waals surface area contributed by atoms with E-state index < -0.39 is 28.5 Å². The lowest BCUT2D eigenvalue weighted by molar-refractivity contribution is -0.140. The Morgan fingerprint density at radius 2 is 1.52 bits per heavy atom. The Morgan fingerprint density at radius 1 is 0.900 bits per heavy atom. The summed E-state index contributed by atoms with van der Waals surface area (Å²) in [6, 6.07) is 20.5. The van der Waals surface area contributed by atoms with Crippen LogP contribution < -0.4 is 9.62 Å². The van der Waals surface area contributed by atoms with E-state index in [0.29, 0.717) is 6.54 Å². The number of carbonyl (C=O) groups excluding carboxylic acids is 2. The number of hydrogen-bond acceptors (Lipinski definition) is 4. The summed E-state index contributed by atoms with van der Waals surface area (Å²) in [4.78, 5) is 29.2. The van der Waals surface area contributed by atoms with Crippen molar-refractivity contribution in [3.8, 4) is 0 Å². The van der Waals surface area contributed by atoms with Crippen molar-refractivity contribution in [2.24, 2.45) is 5.92 Å². The highest BCUT2D eigenvalue weighted by molar-refractivity contribution is 7.92. The van der Waals surface area contributed by atoms with E-state index in [9.17, 15) is 18.0 Å². The van der Waals surface area contributed by atoms with E-state index in [1.807, 2.05) is 75.4 Å². The van der Waals surface area contributed by atoms with Gasteiger partial charge in [-0.2, -0.15) is 0 Å². The average Bonchev–Trinajstić information content (AvgIpc) is 2.87. The molecule has 10 heteroatoms. The molecule has 0 aliphatic rings. The summed E-state index contributed by atoms with van der Waals surface area (Å²) in [5, 5.41) is 3.43. The first kappa shape index (κ1) is 31.5. The highest BCUT2D eigenvalue weighted by Gasteiger charge is 2.33. The quantitative estimate of drug-likeness (QED) is 0.297. The molecule has 0 unspecified atom stereocenters. The van der Waals surface area contributed by atoms with Crippen molar-refractivity contribution in [3.63, 3.8) is 0 Å². The monoisotopic (exact) mass is 603 g/mol. The fourth-order valence-corrected chi connectivity index (χ4v) is 5.63. The second-order valence-electron chi connectivity index (χ2n) is 10.3. The van der Waals surface area contributed by atoms with Crippen molar-refractivity contribution in [2.75, 3.05) is 23.7 Å². The van der Waals surface area contributed by atoms with Gasteiger partial charge in [0.2, 0.25) is 21.8 Å². The zero-order valence-electron chi connectivity index (χ0n) is 23.1. The molecular weight excluding hydrogens is 569 g/mol. The van der Waals surface area contributed by atoms with Gasteiger partial charge in [0.1, 0.15) is 12.6 Å². The Labute approximate surface area is 247 Å². The molecule has 7 nitrogen and oxygen atoms in total. The third-order valence-electron chi connectivity index (χ3n) is 6.21. The molecule has 3 aromatic rings. The molecule has 2 amide bonds. The molecule has 0 spiro atoms. The number of benzene rings is 3. The second kappa shape index (κ2) is 14.0. The molecule has 0 aliphatic heterocycles. The number of halogens is 2. The van der Waals surface area contributed by atoms with E-state index in [1.54, 1.807) is 0 Å². The van der Waals surface area contributed by atoms with Crippen LogP contribution in [0.3, 0.4) is 0 Å². The number of anilines is 1. The largest absolute Gasteiger partial charge is 0.354 e. The SMILES string of the molecule is Cc1cccc(CN(C(=O)CN(c2cc(Cl)cc(Cl)c2)S(C)(=O)=O)[C@@H](Cc2ccccc2)C(=O)NCC(C)C)c1. The van der Waals surface area contributed by atoms with Gasteiger partial charge in [-0.1, -0.05) is 97.2 Å². The average molecular weight is 605 g/mol. The minimum Gasteiger partial charge on any atom is -0.354 e. The fraction of sp³-hybridized carbons (Fsp3) is 0.333. The number of nitrogens with zero attached hydrogens (tertiary/aromatic N) is 2. The standard InChI is InChI=1S/C30H35Cl2N3O4S/c1-21(2)18-33-30(37)28(14-23-10-6-5-7-11-23)34(19-24-12-8-9-22(3)13-24)29(36)20-35(40(4,38)39)27-16-25(31)15-26(32)17-27/h5-13,15-17,21,28H,14,18-20H2,1-4H3,(H,33,37)/t28-/m0/s1. The van der Waals surface area contributed by atoms with E-state index >= 15 is 0 Å². The van der Waals surface area contributed by atoms with Crippen LogP contribution in [0.25, 0.3) is 0 Å².